The first-order valence-corrected chi connectivity index (χ1v) is 5.85. The maximum Gasteiger partial charge on any atom is 0.269 e. The smallest absolute Gasteiger partial charge is 0.269 e. The van der Waals surface area contributed by atoms with Gasteiger partial charge in [-0.2, -0.15) is 5.10 Å². The topological polar surface area (TPSA) is 79.6 Å². The Morgan fingerprint density at radius 1 is 1.53 bits per heavy atom. The lowest BCUT2D eigenvalue weighted by Gasteiger charge is -2.05. The van der Waals surface area contributed by atoms with Crippen molar-refractivity contribution in [2.75, 3.05) is 6.54 Å². The molecule has 0 radical (unpaired) electrons. The highest BCUT2D eigenvalue weighted by Gasteiger charge is 2.02. The molecular formula is C12H14N4O2S. The van der Waals surface area contributed by atoms with E-state index in [2.05, 4.69) is 22.4 Å². The highest BCUT2D eigenvalue weighted by Crippen LogP contribution is 2.10. The zero-order valence-electron chi connectivity index (χ0n) is 10.4. The predicted molar refractivity (Wildman–Crippen MR) is 79.2 cm³/mol. The van der Waals surface area contributed by atoms with Crippen molar-refractivity contribution in [1.29, 1.82) is 0 Å². The first-order chi connectivity index (χ1) is 8.99. The summed E-state index contributed by atoms with van der Waals surface area (Å²) in [5, 5.41) is 17.7. The van der Waals surface area contributed by atoms with E-state index in [1.807, 2.05) is 6.92 Å². The lowest BCUT2D eigenvalue weighted by atomic mass is 10.2. The zero-order valence-corrected chi connectivity index (χ0v) is 11.2. The van der Waals surface area contributed by atoms with Crippen LogP contribution in [0.5, 0.6) is 0 Å². The maximum atomic E-state index is 10.5. The number of nitro benzene ring substituents is 1. The Morgan fingerprint density at radius 3 is 2.68 bits per heavy atom. The van der Waals surface area contributed by atoms with Crippen LogP contribution in [0.2, 0.25) is 0 Å². The summed E-state index contributed by atoms with van der Waals surface area (Å²) in [6.07, 6.45) is 1.53. The molecule has 0 heterocycles. The summed E-state index contributed by atoms with van der Waals surface area (Å²) in [5.74, 6) is 0. The summed E-state index contributed by atoms with van der Waals surface area (Å²) in [5.41, 5.74) is 4.38. The molecule has 6 nitrogen and oxygen atoms in total. The van der Waals surface area contributed by atoms with Gasteiger partial charge in [0.05, 0.1) is 11.1 Å². The number of hydrogen-bond donors (Lipinski definition) is 2. The molecule has 0 atom stereocenters. The summed E-state index contributed by atoms with van der Waals surface area (Å²) < 4.78 is 0. The van der Waals surface area contributed by atoms with Gasteiger partial charge in [-0.3, -0.25) is 15.5 Å². The molecule has 0 spiro atoms. The van der Waals surface area contributed by atoms with Crippen molar-refractivity contribution in [2.45, 2.75) is 6.92 Å². The molecule has 0 bridgehead atoms. The van der Waals surface area contributed by atoms with Gasteiger partial charge in [-0.1, -0.05) is 12.2 Å². The molecule has 0 aromatic heterocycles. The van der Waals surface area contributed by atoms with E-state index in [4.69, 9.17) is 12.2 Å². The van der Waals surface area contributed by atoms with Crippen LogP contribution in [-0.2, 0) is 0 Å². The molecule has 2 N–H and O–H groups in total. The summed E-state index contributed by atoms with van der Waals surface area (Å²) >= 11 is 4.98. The number of nitrogens with zero attached hydrogens (tertiary/aromatic N) is 2. The number of thiocarbonyl (C=S) groups is 1. The van der Waals surface area contributed by atoms with E-state index in [-0.39, 0.29) is 5.69 Å². The number of hydrazone groups is 1. The highest BCUT2D eigenvalue weighted by molar-refractivity contribution is 7.80. The Morgan fingerprint density at radius 2 is 2.16 bits per heavy atom. The molecule has 100 valence electrons. The van der Waals surface area contributed by atoms with Gasteiger partial charge < -0.3 is 5.32 Å². The minimum atomic E-state index is -0.449. The number of rotatable bonds is 5. The molecule has 0 amide bonds. The standard InChI is InChI=1S/C12H14N4O2S/c1-9(2)7-13-12(19)15-14-8-10-3-5-11(6-4-10)16(17)18/h3-6,8H,1,7H2,2H3,(H2,13,15,19)/b14-8-. The lowest BCUT2D eigenvalue weighted by Crippen LogP contribution is -2.32. The van der Waals surface area contributed by atoms with Gasteiger partial charge in [0.2, 0.25) is 0 Å². The van der Waals surface area contributed by atoms with Crippen molar-refractivity contribution in [3.63, 3.8) is 0 Å². The van der Waals surface area contributed by atoms with E-state index in [1.54, 1.807) is 12.1 Å². The highest BCUT2D eigenvalue weighted by atomic mass is 32.1. The summed E-state index contributed by atoms with van der Waals surface area (Å²) in [4.78, 5) is 10.0. The van der Waals surface area contributed by atoms with Gasteiger partial charge in [-0.25, -0.2) is 0 Å². The second-order valence-corrected chi connectivity index (χ2v) is 4.27. The molecule has 7 heteroatoms. The minimum absolute atomic E-state index is 0.0451. The van der Waals surface area contributed by atoms with Crippen LogP contribution in [0.25, 0.3) is 0 Å². The molecule has 0 fully saturated rings. The molecule has 0 aliphatic rings. The largest absolute Gasteiger partial charge is 0.358 e. The van der Waals surface area contributed by atoms with E-state index < -0.39 is 4.92 Å². The number of non-ortho nitro benzene ring substituents is 1. The summed E-state index contributed by atoms with van der Waals surface area (Å²) in [7, 11) is 0. The normalized spacial score (nSPS) is 10.2. The van der Waals surface area contributed by atoms with Crippen molar-refractivity contribution >= 4 is 29.2 Å². The first-order valence-electron chi connectivity index (χ1n) is 5.45. The number of nitrogens with one attached hydrogen (secondary N) is 2. The molecule has 1 aromatic rings. The molecule has 0 aliphatic carbocycles. The number of nitro groups is 1. The second-order valence-electron chi connectivity index (χ2n) is 3.86. The van der Waals surface area contributed by atoms with E-state index in [0.29, 0.717) is 11.7 Å². The fourth-order valence-corrected chi connectivity index (χ4v) is 1.24. The molecule has 0 saturated heterocycles. The molecular weight excluding hydrogens is 264 g/mol. The first kappa shape index (κ1) is 14.8. The van der Waals surface area contributed by atoms with Crippen molar-refractivity contribution in [2.24, 2.45) is 5.10 Å². The Balaban J connectivity index is 2.46. The average molecular weight is 278 g/mol. The Bertz CT molecular complexity index is 511. The van der Waals surface area contributed by atoms with Crippen LogP contribution < -0.4 is 10.7 Å². The fourth-order valence-electron chi connectivity index (χ4n) is 1.12. The number of hydrogen-bond acceptors (Lipinski definition) is 4. The van der Waals surface area contributed by atoms with Crippen LogP contribution in [-0.4, -0.2) is 22.8 Å². The Kier molecular flexibility index (Phi) is 5.62. The minimum Gasteiger partial charge on any atom is -0.358 e. The zero-order chi connectivity index (χ0) is 14.3. The molecule has 1 rings (SSSR count). The third-order valence-electron chi connectivity index (χ3n) is 2.03. The average Bonchev–Trinajstić information content (AvgIpc) is 2.37. The van der Waals surface area contributed by atoms with Gasteiger partial charge in [0, 0.05) is 18.7 Å². The SMILES string of the molecule is C=C(C)CNC(=S)N/N=C\c1ccc([N+](=O)[O-])cc1. The maximum absolute atomic E-state index is 10.5. The van der Waals surface area contributed by atoms with Gasteiger partial charge in [0.25, 0.3) is 5.69 Å². The molecule has 19 heavy (non-hydrogen) atoms. The Hall–Kier alpha value is -2.28. The van der Waals surface area contributed by atoms with E-state index >= 15 is 0 Å². The van der Waals surface area contributed by atoms with Crippen LogP contribution in [0.15, 0.2) is 41.5 Å². The van der Waals surface area contributed by atoms with Crippen molar-refractivity contribution in [3.05, 3.63) is 52.1 Å². The Labute approximate surface area is 116 Å². The fraction of sp³-hybridized carbons (Fsp3) is 0.167. The molecule has 0 unspecified atom stereocenters. The quantitative estimate of drug-likeness (QED) is 0.283. The molecule has 1 aromatic carbocycles. The summed E-state index contributed by atoms with van der Waals surface area (Å²) in [6, 6.07) is 6.04. The van der Waals surface area contributed by atoms with Crippen molar-refractivity contribution < 1.29 is 4.92 Å². The third-order valence-corrected chi connectivity index (χ3v) is 2.27. The number of benzene rings is 1. The van der Waals surface area contributed by atoms with Crippen molar-refractivity contribution in [3.8, 4) is 0 Å². The molecule has 0 aliphatic heterocycles. The van der Waals surface area contributed by atoms with Gasteiger partial charge in [0.1, 0.15) is 0 Å². The van der Waals surface area contributed by atoms with E-state index in [9.17, 15) is 10.1 Å². The van der Waals surface area contributed by atoms with Crippen LogP contribution in [0.4, 0.5) is 5.69 Å². The van der Waals surface area contributed by atoms with Gasteiger partial charge in [0.15, 0.2) is 5.11 Å². The van der Waals surface area contributed by atoms with Gasteiger partial charge in [-0.15, -0.1) is 0 Å². The lowest BCUT2D eigenvalue weighted by molar-refractivity contribution is -0.384. The monoisotopic (exact) mass is 278 g/mol. The van der Waals surface area contributed by atoms with Crippen LogP contribution in [0.1, 0.15) is 12.5 Å². The summed E-state index contributed by atoms with van der Waals surface area (Å²) in [6.45, 7) is 6.20. The van der Waals surface area contributed by atoms with Crippen LogP contribution >= 0.6 is 12.2 Å². The predicted octanol–water partition coefficient (Wildman–Crippen LogP) is 1.97. The molecule has 0 saturated carbocycles. The van der Waals surface area contributed by atoms with Gasteiger partial charge in [-0.05, 0) is 36.8 Å². The van der Waals surface area contributed by atoms with Crippen molar-refractivity contribution in [1.82, 2.24) is 10.7 Å². The second kappa shape index (κ2) is 7.22. The van der Waals surface area contributed by atoms with E-state index in [0.717, 1.165) is 11.1 Å². The van der Waals surface area contributed by atoms with Crippen LogP contribution in [0.3, 0.4) is 0 Å². The van der Waals surface area contributed by atoms with E-state index in [1.165, 1.54) is 18.3 Å². The van der Waals surface area contributed by atoms with Gasteiger partial charge >= 0.3 is 0 Å². The third kappa shape index (κ3) is 5.73. The van der Waals surface area contributed by atoms with Crippen LogP contribution in [0, 0.1) is 10.1 Å².